The molecule has 3 rings (SSSR count). The highest BCUT2D eigenvalue weighted by Crippen LogP contribution is 2.43. The Hall–Kier alpha value is -1.42. The number of hydrogen-bond acceptors (Lipinski definition) is 3. The number of thiazole rings is 1. The summed E-state index contributed by atoms with van der Waals surface area (Å²) in [4.78, 5) is 5.48. The lowest BCUT2D eigenvalue weighted by molar-refractivity contribution is 0.625. The van der Waals surface area contributed by atoms with E-state index < -0.39 is 0 Å². The summed E-state index contributed by atoms with van der Waals surface area (Å²) < 4.78 is 13.1. The van der Waals surface area contributed by atoms with E-state index in [2.05, 4.69) is 10.3 Å². The van der Waals surface area contributed by atoms with Crippen LogP contribution in [0.4, 0.5) is 9.52 Å². The van der Waals surface area contributed by atoms with E-state index in [0.29, 0.717) is 12.0 Å². The zero-order valence-electron chi connectivity index (χ0n) is 9.48. The Morgan fingerprint density at radius 1 is 1.47 bits per heavy atom. The molecule has 0 saturated heterocycles. The third-order valence-electron chi connectivity index (χ3n) is 3.00. The lowest BCUT2D eigenvalue weighted by atomic mass is 10.1. The van der Waals surface area contributed by atoms with Crippen LogP contribution >= 0.6 is 11.3 Å². The molecule has 0 unspecified atom stereocenters. The molecule has 1 fully saturated rings. The van der Waals surface area contributed by atoms with Crippen molar-refractivity contribution in [3.8, 4) is 0 Å². The van der Waals surface area contributed by atoms with Crippen molar-refractivity contribution in [1.29, 1.82) is 0 Å². The molecular weight excluding hydrogens is 235 g/mol. The van der Waals surface area contributed by atoms with Gasteiger partial charge in [-0.1, -0.05) is 12.1 Å². The first kappa shape index (κ1) is 10.7. The van der Waals surface area contributed by atoms with Crippen molar-refractivity contribution in [3.05, 3.63) is 46.7 Å². The first-order chi connectivity index (χ1) is 8.22. The predicted molar refractivity (Wildman–Crippen MR) is 68.0 cm³/mol. The number of rotatable bonds is 3. The Labute approximate surface area is 104 Å². The Balaban J connectivity index is 1.67. The highest BCUT2D eigenvalue weighted by Gasteiger charge is 2.38. The quantitative estimate of drug-likeness (QED) is 0.898. The van der Waals surface area contributed by atoms with Crippen LogP contribution in [0.2, 0.25) is 0 Å². The average molecular weight is 248 g/mol. The molecule has 0 radical (unpaired) electrons. The molecular formula is C13H13FN2S. The smallest absolute Gasteiger partial charge is 0.183 e. The minimum atomic E-state index is -0.154. The maximum absolute atomic E-state index is 13.1. The first-order valence-electron chi connectivity index (χ1n) is 5.67. The van der Waals surface area contributed by atoms with Crippen LogP contribution in [0.3, 0.4) is 0 Å². The molecule has 1 aromatic carbocycles. The number of halogens is 1. The second kappa shape index (κ2) is 4.11. The van der Waals surface area contributed by atoms with Crippen LogP contribution in [0.1, 0.15) is 22.8 Å². The number of aryl methyl sites for hydroxylation is 1. The third-order valence-corrected chi connectivity index (χ3v) is 3.84. The number of hydrogen-bond donors (Lipinski definition) is 1. The highest BCUT2D eigenvalue weighted by atomic mass is 32.1. The Kier molecular flexibility index (Phi) is 2.59. The molecule has 1 heterocycles. The van der Waals surface area contributed by atoms with Gasteiger partial charge in [0.25, 0.3) is 0 Å². The van der Waals surface area contributed by atoms with Gasteiger partial charge in [-0.25, -0.2) is 9.37 Å². The van der Waals surface area contributed by atoms with Crippen LogP contribution in [-0.2, 0) is 0 Å². The fraction of sp³-hybridized carbons (Fsp3) is 0.308. The lowest BCUT2D eigenvalue weighted by Crippen LogP contribution is -2.03. The minimum Gasteiger partial charge on any atom is -0.358 e. The molecule has 1 aromatic heterocycles. The highest BCUT2D eigenvalue weighted by molar-refractivity contribution is 7.15. The van der Waals surface area contributed by atoms with E-state index in [0.717, 1.165) is 17.1 Å². The number of benzene rings is 1. The molecule has 1 saturated carbocycles. The standard InChI is InChI=1S/C13H13FN2S/c1-8-7-15-13(17-8)16-12-6-11(12)9-3-2-4-10(14)5-9/h2-5,7,11-12H,6H2,1H3,(H,15,16)/t11-,12+/m0/s1. The molecule has 1 aliphatic carbocycles. The zero-order chi connectivity index (χ0) is 11.8. The normalized spacial score (nSPS) is 22.5. The zero-order valence-corrected chi connectivity index (χ0v) is 10.3. The Morgan fingerprint density at radius 2 is 2.35 bits per heavy atom. The maximum atomic E-state index is 13.1. The van der Waals surface area contributed by atoms with Crippen molar-refractivity contribution in [3.63, 3.8) is 0 Å². The van der Waals surface area contributed by atoms with E-state index in [-0.39, 0.29) is 5.82 Å². The molecule has 1 N–H and O–H groups in total. The lowest BCUT2D eigenvalue weighted by Gasteiger charge is -2.02. The van der Waals surface area contributed by atoms with Crippen LogP contribution < -0.4 is 5.32 Å². The fourth-order valence-electron chi connectivity index (χ4n) is 2.04. The summed E-state index contributed by atoms with van der Waals surface area (Å²) in [6.07, 6.45) is 2.93. The molecule has 1 aliphatic rings. The van der Waals surface area contributed by atoms with Gasteiger partial charge in [0.1, 0.15) is 5.82 Å². The van der Waals surface area contributed by atoms with E-state index in [1.54, 1.807) is 23.5 Å². The number of nitrogens with one attached hydrogen (secondary N) is 1. The summed E-state index contributed by atoms with van der Waals surface area (Å²) in [5.41, 5.74) is 1.08. The summed E-state index contributed by atoms with van der Waals surface area (Å²) in [6.45, 7) is 2.04. The molecule has 4 heteroatoms. The molecule has 0 amide bonds. The van der Waals surface area contributed by atoms with Crippen molar-refractivity contribution in [2.45, 2.75) is 25.3 Å². The van der Waals surface area contributed by atoms with Crippen molar-refractivity contribution >= 4 is 16.5 Å². The number of aromatic nitrogens is 1. The van der Waals surface area contributed by atoms with Crippen LogP contribution in [0.15, 0.2) is 30.5 Å². The van der Waals surface area contributed by atoms with Gasteiger partial charge in [-0.3, -0.25) is 0 Å². The molecule has 0 bridgehead atoms. The minimum absolute atomic E-state index is 0.154. The first-order valence-corrected chi connectivity index (χ1v) is 6.48. The van der Waals surface area contributed by atoms with E-state index in [9.17, 15) is 4.39 Å². The van der Waals surface area contributed by atoms with Gasteiger partial charge in [0.05, 0.1) is 0 Å². The van der Waals surface area contributed by atoms with Crippen LogP contribution in [0, 0.1) is 12.7 Å². The molecule has 0 aliphatic heterocycles. The van der Waals surface area contributed by atoms with E-state index in [1.807, 2.05) is 19.2 Å². The van der Waals surface area contributed by atoms with Crippen LogP contribution in [0.5, 0.6) is 0 Å². The summed E-state index contributed by atoms with van der Waals surface area (Å²) in [7, 11) is 0. The summed E-state index contributed by atoms with van der Waals surface area (Å²) in [5, 5.41) is 4.35. The van der Waals surface area contributed by atoms with E-state index >= 15 is 0 Å². The predicted octanol–water partition coefficient (Wildman–Crippen LogP) is 3.56. The fourth-order valence-corrected chi connectivity index (χ4v) is 2.77. The van der Waals surface area contributed by atoms with Gasteiger partial charge < -0.3 is 5.32 Å². The van der Waals surface area contributed by atoms with Crippen molar-refractivity contribution in [1.82, 2.24) is 4.98 Å². The van der Waals surface area contributed by atoms with Gasteiger partial charge in [-0.2, -0.15) is 0 Å². The monoisotopic (exact) mass is 248 g/mol. The summed E-state index contributed by atoms with van der Waals surface area (Å²) >= 11 is 1.66. The second-order valence-corrected chi connectivity index (χ2v) is 5.66. The van der Waals surface area contributed by atoms with Gasteiger partial charge in [-0.15, -0.1) is 11.3 Å². The van der Waals surface area contributed by atoms with Gasteiger partial charge >= 0.3 is 0 Å². The van der Waals surface area contributed by atoms with Gasteiger partial charge in [0, 0.05) is 23.0 Å². The van der Waals surface area contributed by atoms with Gasteiger partial charge in [-0.05, 0) is 31.0 Å². The largest absolute Gasteiger partial charge is 0.358 e. The van der Waals surface area contributed by atoms with Gasteiger partial charge in [0.2, 0.25) is 0 Å². The molecule has 0 spiro atoms. The third kappa shape index (κ3) is 2.31. The van der Waals surface area contributed by atoms with E-state index in [1.165, 1.54) is 10.9 Å². The van der Waals surface area contributed by atoms with Crippen molar-refractivity contribution in [2.75, 3.05) is 5.32 Å². The molecule has 2 atom stereocenters. The van der Waals surface area contributed by atoms with Crippen LogP contribution in [0.25, 0.3) is 0 Å². The number of anilines is 1. The second-order valence-electron chi connectivity index (χ2n) is 4.42. The maximum Gasteiger partial charge on any atom is 0.183 e. The molecule has 2 nitrogen and oxygen atoms in total. The Morgan fingerprint density at radius 3 is 3.06 bits per heavy atom. The topological polar surface area (TPSA) is 24.9 Å². The molecule has 88 valence electrons. The number of nitrogens with zero attached hydrogens (tertiary/aromatic N) is 1. The van der Waals surface area contributed by atoms with Crippen LogP contribution in [-0.4, -0.2) is 11.0 Å². The summed E-state index contributed by atoms with van der Waals surface area (Å²) in [6, 6.07) is 7.27. The summed E-state index contributed by atoms with van der Waals surface area (Å²) in [5.74, 6) is 0.271. The van der Waals surface area contributed by atoms with Gasteiger partial charge in [0.15, 0.2) is 5.13 Å². The molecule has 17 heavy (non-hydrogen) atoms. The Bertz CT molecular complexity index is 538. The average Bonchev–Trinajstić information content (AvgIpc) is 2.94. The van der Waals surface area contributed by atoms with E-state index in [4.69, 9.17) is 0 Å². The SMILES string of the molecule is Cc1cnc(N[C@@H]2C[C@H]2c2cccc(F)c2)s1. The molecule has 2 aromatic rings. The van der Waals surface area contributed by atoms with Crippen molar-refractivity contribution in [2.24, 2.45) is 0 Å². The van der Waals surface area contributed by atoms with Crippen molar-refractivity contribution < 1.29 is 4.39 Å².